The van der Waals surface area contributed by atoms with Crippen molar-refractivity contribution in [3.63, 3.8) is 0 Å². The molecule has 33 heavy (non-hydrogen) atoms. The van der Waals surface area contributed by atoms with E-state index in [4.69, 9.17) is 21.1 Å². The molecule has 0 radical (unpaired) electrons. The topological polar surface area (TPSA) is 35.5 Å². The van der Waals surface area contributed by atoms with E-state index in [1.54, 1.807) is 0 Å². The first-order valence-electron chi connectivity index (χ1n) is 11.3. The Morgan fingerprint density at radius 3 is 2.30 bits per heavy atom. The van der Waals surface area contributed by atoms with Crippen molar-refractivity contribution in [2.45, 2.75) is 51.6 Å². The largest absolute Gasteiger partial charge is 0.491 e. The zero-order valence-corrected chi connectivity index (χ0v) is 20.2. The van der Waals surface area contributed by atoms with Crippen molar-refractivity contribution in [1.82, 2.24) is 0 Å². The molecule has 0 N–H and O–H groups in total. The maximum absolute atomic E-state index is 11.2. The van der Waals surface area contributed by atoms with Crippen molar-refractivity contribution < 1.29 is 14.3 Å². The molecule has 3 aromatic rings. The zero-order valence-electron chi connectivity index (χ0n) is 19.5. The lowest BCUT2D eigenvalue weighted by molar-refractivity contribution is -0.104. The summed E-state index contributed by atoms with van der Waals surface area (Å²) in [6.45, 7) is 6.09. The lowest BCUT2D eigenvalue weighted by atomic mass is 9.77. The average Bonchev–Trinajstić information content (AvgIpc) is 2.80. The SMILES string of the molecule is CC(C)Oc1ccc(C(C)(CCCc2cccc(Oc3ccccc3)c2)C(Cl)=CC=O)cc1. The van der Waals surface area contributed by atoms with Crippen molar-refractivity contribution in [2.24, 2.45) is 0 Å². The standard InChI is InChI=1S/C29H31ClO3/c1-22(2)32-26-16-14-24(15-17-26)29(3,28(30)18-20-31)19-8-10-23-9-7-13-27(21-23)33-25-11-5-4-6-12-25/h4-7,9,11-18,20-22H,8,10,19H2,1-3H3. The molecule has 1 unspecified atom stereocenters. The molecule has 172 valence electrons. The van der Waals surface area contributed by atoms with Gasteiger partial charge < -0.3 is 9.47 Å². The smallest absolute Gasteiger partial charge is 0.144 e. The Bertz CT molecular complexity index is 1060. The van der Waals surface area contributed by atoms with E-state index < -0.39 is 5.41 Å². The van der Waals surface area contributed by atoms with Gasteiger partial charge in [0.1, 0.15) is 23.5 Å². The highest BCUT2D eigenvalue weighted by Gasteiger charge is 2.30. The molecule has 0 bridgehead atoms. The number of halogens is 1. The van der Waals surface area contributed by atoms with Gasteiger partial charge in [-0.05, 0) is 86.7 Å². The van der Waals surface area contributed by atoms with Crippen LogP contribution in [0.25, 0.3) is 0 Å². The van der Waals surface area contributed by atoms with Crippen LogP contribution in [0.5, 0.6) is 17.2 Å². The van der Waals surface area contributed by atoms with Crippen LogP contribution in [0.15, 0.2) is 90.0 Å². The average molecular weight is 463 g/mol. The van der Waals surface area contributed by atoms with E-state index in [9.17, 15) is 4.79 Å². The molecule has 0 spiro atoms. The van der Waals surface area contributed by atoms with Crippen LogP contribution in [0.2, 0.25) is 0 Å². The Hall–Kier alpha value is -3.04. The lowest BCUT2D eigenvalue weighted by Gasteiger charge is -2.30. The highest BCUT2D eigenvalue weighted by atomic mass is 35.5. The highest BCUT2D eigenvalue weighted by Crippen LogP contribution is 2.39. The molecule has 0 saturated carbocycles. The second kappa shape index (κ2) is 11.7. The van der Waals surface area contributed by atoms with Gasteiger partial charge in [0.25, 0.3) is 0 Å². The third-order valence-electron chi connectivity index (χ3n) is 5.62. The Kier molecular flexibility index (Phi) is 8.73. The molecule has 3 nitrogen and oxygen atoms in total. The summed E-state index contributed by atoms with van der Waals surface area (Å²) in [5, 5.41) is 0.538. The number of benzene rings is 3. The molecule has 0 saturated heterocycles. The maximum Gasteiger partial charge on any atom is 0.144 e. The Balaban J connectivity index is 1.71. The van der Waals surface area contributed by atoms with Crippen molar-refractivity contribution in [2.75, 3.05) is 0 Å². The summed E-state index contributed by atoms with van der Waals surface area (Å²) < 4.78 is 11.7. The molecular weight excluding hydrogens is 432 g/mol. The summed E-state index contributed by atoms with van der Waals surface area (Å²) >= 11 is 6.62. The summed E-state index contributed by atoms with van der Waals surface area (Å²) in [4.78, 5) is 11.2. The van der Waals surface area contributed by atoms with Gasteiger partial charge in [0.2, 0.25) is 0 Å². The molecule has 0 aliphatic heterocycles. The fourth-order valence-corrected chi connectivity index (χ4v) is 4.11. The van der Waals surface area contributed by atoms with Crippen molar-refractivity contribution >= 4 is 17.9 Å². The van der Waals surface area contributed by atoms with Crippen LogP contribution in [0.4, 0.5) is 0 Å². The first-order valence-corrected chi connectivity index (χ1v) is 11.7. The van der Waals surface area contributed by atoms with Crippen LogP contribution >= 0.6 is 11.6 Å². The first-order chi connectivity index (χ1) is 15.9. The van der Waals surface area contributed by atoms with Gasteiger partial charge in [0, 0.05) is 10.4 Å². The van der Waals surface area contributed by atoms with Gasteiger partial charge in [0.15, 0.2) is 0 Å². The van der Waals surface area contributed by atoms with Gasteiger partial charge >= 0.3 is 0 Å². The molecule has 3 rings (SSSR count). The quantitative estimate of drug-likeness (QED) is 0.215. The Morgan fingerprint density at radius 1 is 0.939 bits per heavy atom. The molecule has 4 heteroatoms. The lowest BCUT2D eigenvalue weighted by Crippen LogP contribution is -2.23. The Labute approximate surface area is 202 Å². The predicted molar refractivity (Wildman–Crippen MR) is 135 cm³/mol. The summed E-state index contributed by atoms with van der Waals surface area (Å²) in [7, 11) is 0. The third-order valence-corrected chi connectivity index (χ3v) is 6.17. The highest BCUT2D eigenvalue weighted by molar-refractivity contribution is 6.31. The van der Waals surface area contributed by atoms with Gasteiger partial charge in [-0.15, -0.1) is 0 Å². The van der Waals surface area contributed by atoms with Crippen molar-refractivity contribution in [3.05, 3.63) is 101 Å². The van der Waals surface area contributed by atoms with Crippen LogP contribution in [-0.2, 0) is 16.6 Å². The van der Waals surface area contributed by atoms with Crippen LogP contribution in [-0.4, -0.2) is 12.4 Å². The van der Waals surface area contributed by atoms with E-state index in [0.29, 0.717) is 5.03 Å². The first kappa shape index (κ1) is 24.6. The summed E-state index contributed by atoms with van der Waals surface area (Å²) in [5.41, 5.74) is 1.79. The number of carbonyl (C=O) groups is 1. The van der Waals surface area contributed by atoms with E-state index >= 15 is 0 Å². The van der Waals surface area contributed by atoms with Crippen LogP contribution in [0.1, 0.15) is 44.7 Å². The molecule has 0 aliphatic rings. The summed E-state index contributed by atoms with van der Waals surface area (Å²) in [6, 6.07) is 25.9. The predicted octanol–water partition coefficient (Wildman–Crippen LogP) is 7.87. The normalized spacial score (nSPS) is 13.4. The maximum atomic E-state index is 11.2. The zero-order chi connectivity index (χ0) is 23.7. The second-order valence-electron chi connectivity index (χ2n) is 8.59. The molecule has 0 aromatic heterocycles. The van der Waals surface area contributed by atoms with Crippen LogP contribution in [0, 0.1) is 0 Å². The number of carbonyl (C=O) groups excluding carboxylic acids is 1. The van der Waals surface area contributed by atoms with Gasteiger partial charge in [-0.2, -0.15) is 0 Å². The summed E-state index contributed by atoms with van der Waals surface area (Å²) in [6.07, 6.45) is 4.89. The minimum absolute atomic E-state index is 0.113. The Morgan fingerprint density at radius 2 is 1.64 bits per heavy atom. The molecule has 0 amide bonds. The number of aryl methyl sites for hydroxylation is 1. The molecule has 1 atom stereocenters. The van der Waals surface area contributed by atoms with Gasteiger partial charge in [-0.1, -0.05) is 61.0 Å². The van der Waals surface area contributed by atoms with Crippen LogP contribution < -0.4 is 9.47 Å². The molecular formula is C29H31ClO3. The van der Waals surface area contributed by atoms with Gasteiger partial charge in [-0.3, -0.25) is 4.79 Å². The number of hydrogen-bond donors (Lipinski definition) is 0. The minimum atomic E-state index is -0.461. The van der Waals surface area contributed by atoms with Gasteiger partial charge in [0.05, 0.1) is 6.10 Å². The molecule has 0 aliphatic carbocycles. The molecule has 0 heterocycles. The number of rotatable bonds is 11. The van der Waals surface area contributed by atoms with Gasteiger partial charge in [-0.25, -0.2) is 0 Å². The number of ether oxygens (including phenoxy) is 2. The fraction of sp³-hybridized carbons (Fsp3) is 0.276. The van der Waals surface area contributed by atoms with E-state index in [2.05, 4.69) is 19.1 Å². The second-order valence-corrected chi connectivity index (χ2v) is 9.00. The number of para-hydroxylation sites is 1. The van der Waals surface area contributed by atoms with E-state index in [0.717, 1.165) is 48.4 Å². The van der Waals surface area contributed by atoms with E-state index in [1.165, 1.54) is 11.6 Å². The number of aldehydes is 1. The van der Waals surface area contributed by atoms with Crippen LogP contribution in [0.3, 0.4) is 0 Å². The van der Waals surface area contributed by atoms with E-state index in [1.807, 2.05) is 80.6 Å². The summed E-state index contributed by atoms with van der Waals surface area (Å²) in [5.74, 6) is 2.46. The number of hydrogen-bond acceptors (Lipinski definition) is 3. The monoisotopic (exact) mass is 462 g/mol. The molecule has 3 aromatic carbocycles. The van der Waals surface area contributed by atoms with Crippen molar-refractivity contribution in [1.29, 1.82) is 0 Å². The minimum Gasteiger partial charge on any atom is -0.491 e. The molecule has 0 fully saturated rings. The van der Waals surface area contributed by atoms with Crippen molar-refractivity contribution in [3.8, 4) is 17.2 Å². The third kappa shape index (κ3) is 6.97. The van der Waals surface area contributed by atoms with E-state index in [-0.39, 0.29) is 6.10 Å². The number of allylic oxidation sites excluding steroid dienone is 2. The fourth-order valence-electron chi connectivity index (χ4n) is 3.85.